The number of carbonyl (C=O) groups is 1. The minimum atomic E-state index is -0.200. The smallest absolute Gasteiger partial charge is 0.256 e. The van der Waals surface area contributed by atoms with E-state index in [2.05, 4.69) is 5.32 Å². The molecule has 3 nitrogen and oxygen atoms in total. The van der Waals surface area contributed by atoms with Gasteiger partial charge in [-0.3, -0.25) is 4.79 Å². The van der Waals surface area contributed by atoms with Crippen LogP contribution in [0.5, 0.6) is 5.75 Å². The largest absolute Gasteiger partial charge is 0.497 e. The van der Waals surface area contributed by atoms with Gasteiger partial charge in [0.25, 0.3) is 5.91 Å². The fourth-order valence-corrected chi connectivity index (χ4v) is 2.72. The Kier molecular flexibility index (Phi) is 5.72. The maximum Gasteiger partial charge on any atom is 0.256 e. The van der Waals surface area contributed by atoms with Crippen LogP contribution >= 0.6 is 11.6 Å². The molecule has 0 fully saturated rings. The van der Waals surface area contributed by atoms with Crippen molar-refractivity contribution in [2.24, 2.45) is 0 Å². The molecule has 0 saturated heterocycles. The van der Waals surface area contributed by atoms with E-state index in [9.17, 15) is 4.79 Å². The van der Waals surface area contributed by atoms with Gasteiger partial charge in [-0.15, -0.1) is 0 Å². The number of halogens is 1. The molecule has 0 heterocycles. The number of hydrogen-bond donors (Lipinski definition) is 1. The first-order chi connectivity index (χ1) is 12.7. The average Bonchev–Trinajstić information content (AvgIpc) is 2.67. The van der Waals surface area contributed by atoms with E-state index in [0.717, 1.165) is 16.9 Å². The lowest BCUT2D eigenvalue weighted by Gasteiger charge is -2.10. The highest BCUT2D eigenvalue weighted by molar-refractivity contribution is 6.31. The van der Waals surface area contributed by atoms with Crippen molar-refractivity contribution >= 4 is 34.8 Å². The summed E-state index contributed by atoms with van der Waals surface area (Å²) in [7, 11) is 1.62. The Morgan fingerprint density at radius 1 is 0.962 bits per heavy atom. The van der Waals surface area contributed by atoms with Crippen LogP contribution in [-0.2, 0) is 4.79 Å². The van der Waals surface area contributed by atoms with E-state index in [1.54, 1.807) is 31.4 Å². The number of benzene rings is 3. The lowest BCUT2D eigenvalue weighted by molar-refractivity contribution is -0.111. The molecular formula is C22H18ClNO2. The first kappa shape index (κ1) is 17.8. The molecule has 3 rings (SSSR count). The predicted molar refractivity (Wildman–Crippen MR) is 107 cm³/mol. The summed E-state index contributed by atoms with van der Waals surface area (Å²) in [6, 6.07) is 24.2. The molecule has 0 unspecified atom stereocenters. The Bertz CT molecular complexity index is 918. The van der Waals surface area contributed by atoms with Crippen molar-refractivity contribution in [3.63, 3.8) is 0 Å². The fourth-order valence-electron chi connectivity index (χ4n) is 2.53. The molecule has 0 spiro atoms. The number of hydrogen-bond acceptors (Lipinski definition) is 2. The van der Waals surface area contributed by atoms with Gasteiger partial charge in [0.1, 0.15) is 5.75 Å². The van der Waals surface area contributed by atoms with Gasteiger partial charge in [0, 0.05) is 16.3 Å². The van der Waals surface area contributed by atoms with E-state index in [4.69, 9.17) is 16.3 Å². The molecule has 0 bridgehead atoms. The van der Waals surface area contributed by atoms with Gasteiger partial charge in [0.15, 0.2) is 0 Å². The Labute approximate surface area is 157 Å². The van der Waals surface area contributed by atoms with Gasteiger partial charge in [0.05, 0.1) is 7.11 Å². The SMILES string of the molecule is COc1ccc(C=C(C(=O)Nc2cccc(Cl)c2)c2ccccc2)cc1. The van der Waals surface area contributed by atoms with Crippen molar-refractivity contribution in [3.05, 3.63) is 95.0 Å². The van der Waals surface area contributed by atoms with Crippen molar-refractivity contribution in [3.8, 4) is 5.75 Å². The van der Waals surface area contributed by atoms with E-state index < -0.39 is 0 Å². The molecular weight excluding hydrogens is 346 g/mol. The first-order valence-corrected chi connectivity index (χ1v) is 8.51. The van der Waals surface area contributed by atoms with Crippen LogP contribution in [0.2, 0.25) is 5.02 Å². The Balaban J connectivity index is 1.95. The maximum absolute atomic E-state index is 12.9. The number of nitrogens with one attached hydrogen (secondary N) is 1. The number of ether oxygens (including phenoxy) is 1. The van der Waals surface area contributed by atoms with Crippen LogP contribution < -0.4 is 10.1 Å². The third-order valence-electron chi connectivity index (χ3n) is 3.84. The highest BCUT2D eigenvalue weighted by atomic mass is 35.5. The summed E-state index contributed by atoms with van der Waals surface area (Å²) in [4.78, 5) is 12.9. The Hall–Kier alpha value is -3.04. The molecule has 1 N–H and O–H groups in total. The van der Waals surface area contributed by atoms with Gasteiger partial charge in [-0.2, -0.15) is 0 Å². The van der Waals surface area contributed by atoms with Crippen LogP contribution in [0.1, 0.15) is 11.1 Å². The van der Waals surface area contributed by atoms with E-state index in [1.165, 1.54) is 0 Å². The van der Waals surface area contributed by atoms with Crippen LogP contribution in [-0.4, -0.2) is 13.0 Å². The van der Waals surface area contributed by atoms with E-state index >= 15 is 0 Å². The number of anilines is 1. The summed E-state index contributed by atoms with van der Waals surface area (Å²) in [5, 5.41) is 3.48. The minimum Gasteiger partial charge on any atom is -0.497 e. The van der Waals surface area contributed by atoms with Crippen molar-refractivity contribution in [2.45, 2.75) is 0 Å². The number of carbonyl (C=O) groups excluding carboxylic acids is 1. The van der Waals surface area contributed by atoms with Gasteiger partial charge in [-0.05, 0) is 47.5 Å². The molecule has 0 aliphatic carbocycles. The quantitative estimate of drug-likeness (QED) is 0.478. The zero-order valence-electron chi connectivity index (χ0n) is 14.3. The summed E-state index contributed by atoms with van der Waals surface area (Å²) in [6.45, 7) is 0. The van der Waals surface area contributed by atoms with Crippen molar-refractivity contribution < 1.29 is 9.53 Å². The molecule has 0 aliphatic rings. The van der Waals surface area contributed by atoms with Gasteiger partial charge >= 0.3 is 0 Å². The number of amides is 1. The van der Waals surface area contributed by atoms with Crippen LogP contribution in [0, 0.1) is 0 Å². The summed E-state index contributed by atoms with van der Waals surface area (Å²) in [6.07, 6.45) is 1.86. The molecule has 0 aromatic heterocycles. The monoisotopic (exact) mass is 363 g/mol. The second-order valence-electron chi connectivity index (χ2n) is 5.66. The summed E-state index contributed by atoms with van der Waals surface area (Å²) < 4.78 is 5.18. The highest BCUT2D eigenvalue weighted by Crippen LogP contribution is 2.23. The molecule has 1 amide bonds. The van der Waals surface area contributed by atoms with Gasteiger partial charge in [-0.25, -0.2) is 0 Å². The molecule has 130 valence electrons. The maximum atomic E-state index is 12.9. The summed E-state index contributed by atoms with van der Waals surface area (Å²) in [5.74, 6) is 0.570. The van der Waals surface area contributed by atoms with Crippen molar-refractivity contribution in [2.75, 3.05) is 12.4 Å². The molecule has 0 aliphatic heterocycles. The molecule has 3 aromatic carbocycles. The first-order valence-electron chi connectivity index (χ1n) is 8.14. The second-order valence-corrected chi connectivity index (χ2v) is 6.10. The Morgan fingerprint density at radius 3 is 2.35 bits per heavy atom. The molecule has 0 radical (unpaired) electrons. The van der Waals surface area contributed by atoms with Crippen LogP contribution in [0.15, 0.2) is 78.9 Å². The zero-order valence-corrected chi connectivity index (χ0v) is 15.0. The zero-order chi connectivity index (χ0) is 18.4. The predicted octanol–water partition coefficient (Wildman–Crippen LogP) is 5.53. The van der Waals surface area contributed by atoms with Crippen molar-refractivity contribution in [1.29, 1.82) is 0 Å². The second kappa shape index (κ2) is 8.37. The highest BCUT2D eigenvalue weighted by Gasteiger charge is 2.12. The molecule has 3 aromatic rings. The third-order valence-corrected chi connectivity index (χ3v) is 4.07. The normalized spacial score (nSPS) is 11.1. The van der Waals surface area contributed by atoms with E-state index in [1.807, 2.05) is 60.7 Å². The topological polar surface area (TPSA) is 38.3 Å². The third kappa shape index (κ3) is 4.52. The molecule has 4 heteroatoms. The number of rotatable bonds is 5. The molecule has 0 atom stereocenters. The fraction of sp³-hybridized carbons (Fsp3) is 0.0455. The minimum absolute atomic E-state index is 0.200. The van der Waals surface area contributed by atoms with Crippen LogP contribution in [0.3, 0.4) is 0 Å². The van der Waals surface area contributed by atoms with E-state index in [-0.39, 0.29) is 5.91 Å². The van der Waals surface area contributed by atoms with Crippen LogP contribution in [0.25, 0.3) is 11.6 Å². The van der Waals surface area contributed by atoms with Gasteiger partial charge < -0.3 is 10.1 Å². The van der Waals surface area contributed by atoms with Gasteiger partial charge in [-0.1, -0.05) is 60.1 Å². The van der Waals surface area contributed by atoms with Gasteiger partial charge in [0.2, 0.25) is 0 Å². The van der Waals surface area contributed by atoms with Crippen LogP contribution in [0.4, 0.5) is 5.69 Å². The Morgan fingerprint density at radius 2 is 1.69 bits per heavy atom. The lowest BCUT2D eigenvalue weighted by Crippen LogP contribution is -2.13. The molecule has 0 saturated carbocycles. The summed E-state index contributed by atoms with van der Waals surface area (Å²) >= 11 is 6.01. The lowest BCUT2D eigenvalue weighted by atomic mass is 10.0. The average molecular weight is 364 g/mol. The van der Waals surface area contributed by atoms with Crippen molar-refractivity contribution in [1.82, 2.24) is 0 Å². The molecule has 26 heavy (non-hydrogen) atoms. The van der Waals surface area contributed by atoms with E-state index in [0.29, 0.717) is 16.3 Å². The number of methoxy groups -OCH3 is 1. The summed E-state index contributed by atoms with van der Waals surface area (Å²) in [5.41, 5.74) is 2.96. The standard InChI is InChI=1S/C22H18ClNO2/c1-26-20-12-10-16(11-13-20)14-21(17-6-3-2-4-7-17)22(25)24-19-9-5-8-18(23)15-19/h2-15H,1H3,(H,24,25).